The smallest absolute Gasteiger partial charge is 0.0554 e. The zero-order valence-electron chi connectivity index (χ0n) is 7.54. The van der Waals surface area contributed by atoms with Gasteiger partial charge in [0.1, 0.15) is 0 Å². The maximum Gasteiger partial charge on any atom is 0.0554 e. The monoisotopic (exact) mass is 172 g/mol. The maximum absolute atomic E-state index is 5.71. The number of hydrogen-bond donors (Lipinski definition) is 2. The Morgan fingerprint density at radius 1 is 0.846 bits per heavy atom. The van der Waals surface area contributed by atoms with Crippen molar-refractivity contribution in [2.24, 2.45) is 0 Å². The molecule has 0 bridgehead atoms. The zero-order chi connectivity index (χ0) is 9.42. The quantitative estimate of drug-likeness (QED) is 0.599. The van der Waals surface area contributed by atoms with E-state index >= 15 is 0 Å². The van der Waals surface area contributed by atoms with E-state index in [1.54, 1.807) is 0 Å². The van der Waals surface area contributed by atoms with Crippen molar-refractivity contribution >= 4 is 22.1 Å². The molecule has 0 radical (unpaired) electrons. The van der Waals surface area contributed by atoms with Gasteiger partial charge in [-0.15, -0.1) is 0 Å². The van der Waals surface area contributed by atoms with E-state index in [1.807, 2.05) is 12.1 Å². The van der Waals surface area contributed by atoms with Crippen LogP contribution in [0.15, 0.2) is 30.3 Å². The minimum Gasteiger partial charge on any atom is -0.397 e. The number of nitrogen functional groups attached to an aromatic ring is 2. The summed E-state index contributed by atoms with van der Waals surface area (Å²) in [5.74, 6) is 0. The van der Waals surface area contributed by atoms with Crippen LogP contribution >= 0.6 is 0 Å². The average Bonchev–Trinajstić information content (AvgIpc) is 2.08. The lowest BCUT2D eigenvalue weighted by Crippen LogP contribution is -1.93. The van der Waals surface area contributed by atoms with Crippen molar-refractivity contribution in [2.75, 3.05) is 11.5 Å². The lowest BCUT2D eigenvalue weighted by Gasteiger charge is -2.04. The summed E-state index contributed by atoms with van der Waals surface area (Å²) in [5.41, 5.74) is 13.9. The highest BCUT2D eigenvalue weighted by atomic mass is 14.7. The molecule has 0 fully saturated rings. The summed E-state index contributed by atoms with van der Waals surface area (Å²) in [7, 11) is 0. The number of anilines is 2. The number of nitrogens with two attached hydrogens (primary N) is 2. The van der Waals surface area contributed by atoms with Crippen molar-refractivity contribution in [2.45, 2.75) is 6.92 Å². The third-order valence-electron chi connectivity index (χ3n) is 2.20. The first-order valence-electron chi connectivity index (χ1n) is 4.22. The number of hydrogen-bond acceptors (Lipinski definition) is 2. The molecule has 0 aliphatic carbocycles. The largest absolute Gasteiger partial charge is 0.397 e. The minimum absolute atomic E-state index is 0.649. The molecule has 13 heavy (non-hydrogen) atoms. The number of benzene rings is 2. The summed E-state index contributed by atoms with van der Waals surface area (Å²) in [6.45, 7) is 2.06. The molecule has 0 unspecified atom stereocenters. The molecular weight excluding hydrogens is 160 g/mol. The Bertz CT molecular complexity index is 461. The average molecular weight is 172 g/mol. The van der Waals surface area contributed by atoms with Gasteiger partial charge in [0.2, 0.25) is 0 Å². The Labute approximate surface area is 77.2 Å². The molecule has 0 spiro atoms. The number of rotatable bonds is 0. The Balaban J connectivity index is 2.81. The fourth-order valence-electron chi connectivity index (χ4n) is 1.45. The molecule has 0 atom stereocenters. The molecule has 0 saturated carbocycles. The summed E-state index contributed by atoms with van der Waals surface area (Å²) in [6.07, 6.45) is 0. The van der Waals surface area contributed by atoms with E-state index in [0.717, 1.165) is 10.8 Å². The Hall–Kier alpha value is -1.70. The third-order valence-corrected chi connectivity index (χ3v) is 2.20. The first kappa shape index (κ1) is 7.92. The standard InChI is InChI=1S/C11H12N2/c1-7-2-3-8-5-10(12)11(13)6-9(8)4-7/h2-6H,12-13H2,1H3. The van der Waals surface area contributed by atoms with Crippen molar-refractivity contribution < 1.29 is 0 Å². The number of aryl methyl sites for hydroxylation is 1. The fraction of sp³-hybridized carbons (Fsp3) is 0.0909. The summed E-state index contributed by atoms with van der Waals surface area (Å²) < 4.78 is 0. The Morgan fingerprint density at radius 3 is 2.15 bits per heavy atom. The Kier molecular flexibility index (Phi) is 1.62. The molecule has 0 saturated heterocycles. The molecule has 0 amide bonds. The van der Waals surface area contributed by atoms with Crippen molar-refractivity contribution in [1.29, 1.82) is 0 Å². The van der Waals surface area contributed by atoms with Crippen molar-refractivity contribution in [3.05, 3.63) is 35.9 Å². The molecule has 2 aromatic rings. The minimum atomic E-state index is 0.649. The normalized spacial score (nSPS) is 10.5. The van der Waals surface area contributed by atoms with E-state index in [-0.39, 0.29) is 0 Å². The summed E-state index contributed by atoms with van der Waals surface area (Å²) in [6, 6.07) is 10.0. The van der Waals surface area contributed by atoms with Gasteiger partial charge in [-0.05, 0) is 29.8 Å². The van der Waals surface area contributed by atoms with Gasteiger partial charge in [-0.2, -0.15) is 0 Å². The van der Waals surface area contributed by atoms with E-state index in [0.29, 0.717) is 11.4 Å². The van der Waals surface area contributed by atoms with E-state index in [9.17, 15) is 0 Å². The summed E-state index contributed by atoms with van der Waals surface area (Å²) in [4.78, 5) is 0. The molecule has 4 N–H and O–H groups in total. The van der Waals surface area contributed by atoms with E-state index in [4.69, 9.17) is 11.5 Å². The molecule has 66 valence electrons. The molecular formula is C11H12N2. The van der Waals surface area contributed by atoms with Crippen LogP contribution in [-0.4, -0.2) is 0 Å². The van der Waals surface area contributed by atoms with Gasteiger partial charge >= 0.3 is 0 Å². The van der Waals surface area contributed by atoms with Gasteiger partial charge in [-0.3, -0.25) is 0 Å². The highest BCUT2D eigenvalue weighted by molar-refractivity contribution is 5.91. The summed E-state index contributed by atoms with van der Waals surface area (Å²) in [5, 5.41) is 2.28. The number of fused-ring (bicyclic) bond motifs is 1. The molecule has 2 aromatic carbocycles. The van der Waals surface area contributed by atoms with E-state index in [1.165, 1.54) is 5.56 Å². The molecule has 2 nitrogen and oxygen atoms in total. The zero-order valence-corrected chi connectivity index (χ0v) is 7.54. The highest BCUT2D eigenvalue weighted by Crippen LogP contribution is 2.24. The maximum atomic E-state index is 5.71. The molecule has 2 rings (SSSR count). The van der Waals surface area contributed by atoms with Gasteiger partial charge in [-0.1, -0.05) is 23.8 Å². The van der Waals surface area contributed by atoms with Crippen LogP contribution in [0.1, 0.15) is 5.56 Å². The highest BCUT2D eigenvalue weighted by Gasteiger charge is 1.98. The Morgan fingerprint density at radius 2 is 1.46 bits per heavy atom. The first-order chi connectivity index (χ1) is 6.16. The van der Waals surface area contributed by atoms with Gasteiger partial charge in [0.15, 0.2) is 0 Å². The van der Waals surface area contributed by atoms with E-state index in [2.05, 4.69) is 25.1 Å². The van der Waals surface area contributed by atoms with Crippen LogP contribution in [-0.2, 0) is 0 Å². The molecule has 0 aliphatic rings. The third kappa shape index (κ3) is 1.31. The predicted molar refractivity (Wildman–Crippen MR) is 57.5 cm³/mol. The molecule has 0 aromatic heterocycles. The molecule has 2 heteroatoms. The topological polar surface area (TPSA) is 52.0 Å². The van der Waals surface area contributed by atoms with E-state index < -0.39 is 0 Å². The second-order valence-corrected chi connectivity index (χ2v) is 3.33. The van der Waals surface area contributed by atoms with Crippen LogP contribution < -0.4 is 11.5 Å². The van der Waals surface area contributed by atoms with Gasteiger partial charge in [-0.25, -0.2) is 0 Å². The van der Waals surface area contributed by atoms with Crippen LogP contribution in [0, 0.1) is 6.92 Å². The summed E-state index contributed by atoms with van der Waals surface area (Å²) >= 11 is 0. The lowest BCUT2D eigenvalue weighted by atomic mass is 10.1. The van der Waals surface area contributed by atoms with Gasteiger partial charge in [0.25, 0.3) is 0 Å². The van der Waals surface area contributed by atoms with Crippen LogP contribution in [0.5, 0.6) is 0 Å². The van der Waals surface area contributed by atoms with Crippen LogP contribution in [0.4, 0.5) is 11.4 Å². The van der Waals surface area contributed by atoms with Gasteiger partial charge in [0.05, 0.1) is 11.4 Å². The van der Waals surface area contributed by atoms with Crippen molar-refractivity contribution in [1.82, 2.24) is 0 Å². The van der Waals surface area contributed by atoms with Crippen LogP contribution in [0.2, 0.25) is 0 Å². The van der Waals surface area contributed by atoms with Gasteiger partial charge < -0.3 is 11.5 Å². The van der Waals surface area contributed by atoms with Crippen molar-refractivity contribution in [3.63, 3.8) is 0 Å². The first-order valence-corrected chi connectivity index (χ1v) is 4.22. The fourth-order valence-corrected chi connectivity index (χ4v) is 1.45. The molecule has 0 aliphatic heterocycles. The second-order valence-electron chi connectivity index (χ2n) is 3.33. The van der Waals surface area contributed by atoms with Crippen LogP contribution in [0.25, 0.3) is 10.8 Å². The SMILES string of the molecule is Cc1ccc2cc(N)c(N)cc2c1. The van der Waals surface area contributed by atoms with Crippen molar-refractivity contribution in [3.8, 4) is 0 Å². The second kappa shape index (κ2) is 2.66. The lowest BCUT2D eigenvalue weighted by molar-refractivity contribution is 1.51. The predicted octanol–water partition coefficient (Wildman–Crippen LogP) is 2.31. The van der Waals surface area contributed by atoms with Crippen LogP contribution in [0.3, 0.4) is 0 Å². The van der Waals surface area contributed by atoms with Gasteiger partial charge in [0, 0.05) is 0 Å². The molecule has 0 heterocycles.